The first-order chi connectivity index (χ1) is 8.84. The number of likely N-dealkylation sites (N-methyl/N-ethyl adjacent to an activating group) is 1. The molecule has 5 nitrogen and oxygen atoms in total. The van der Waals surface area contributed by atoms with Gasteiger partial charge >= 0.3 is 0 Å². The largest absolute Gasteiger partial charge is 0.391 e. The summed E-state index contributed by atoms with van der Waals surface area (Å²) in [6, 6.07) is 5.90. The summed E-state index contributed by atoms with van der Waals surface area (Å²) in [5, 5.41) is 12.6. The van der Waals surface area contributed by atoms with Crippen LogP contribution in [0.5, 0.6) is 0 Å². The molecule has 1 rings (SSSR count). The Bertz CT molecular complexity index is 525. The lowest BCUT2D eigenvalue weighted by Crippen LogP contribution is -2.30. The Balaban J connectivity index is 2.68. The number of nitrogens with one attached hydrogen (secondary N) is 1. The van der Waals surface area contributed by atoms with E-state index in [1.807, 2.05) is 6.92 Å². The maximum absolute atomic E-state index is 12.0. The zero-order valence-electron chi connectivity index (χ0n) is 11.0. The van der Waals surface area contributed by atoms with Crippen LogP contribution in [0, 0.1) is 0 Å². The van der Waals surface area contributed by atoms with Gasteiger partial charge in [0.15, 0.2) is 9.84 Å². The van der Waals surface area contributed by atoms with Gasteiger partial charge in [0.2, 0.25) is 0 Å². The molecule has 2 N–H and O–H groups in total. The van der Waals surface area contributed by atoms with E-state index in [1.54, 1.807) is 0 Å². The van der Waals surface area contributed by atoms with Gasteiger partial charge < -0.3 is 10.4 Å². The van der Waals surface area contributed by atoms with Gasteiger partial charge in [-0.2, -0.15) is 0 Å². The van der Waals surface area contributed by atoms with Gasteiger partial charge in [-0.15, -0.1) is 0 Å². The molecule has 0 radical (unpaired) electrons. The van der Waals surface area contributed by atoms with Crippen LogP contribution < -0.4 is 5.32 Å². The molecule has 0 heterocycles. The Hall–Kier alpha value is -0.760. The fraction of sp³-hybridized carbons (Fsp3) is 0.500. The number of sulfone groups is 1. The summed E-state index contributed by atoms with van der Waals surface area (Å²) in [7, 11) is -4.58. The van der Waals surface area contributed by atoms with Crippen molar-refractivity contribution in [2.75, 3.05) is 25.1 Å². The predicted molar refractivity (Wildman–Crippen MR) is 75.4 cm³/mol. The number of aliphatic hydroxyl groups is 1. The average Bonchev–Trinajstić information content (AvgIpc) is 2.35. The molecule has 0 amide bonds. The van der Waals surface area contributed by atoms with Gasteiger partial charge in [0.25, 0.3) is 0 Å². The van der Waals surface area contributed by atoms with Crippen molar-refractivity contribution in [3.63, 3.8) is 0 Å². The fourth-order valence-electron chi connectivity index (χ4n) is 1.48. The first kappa shape index (κ1) is 16.3. The van der Waals surface area contributed by atoms with E-state index in [2.05, 4.69) is 5.32 Å². The van der Waals surface area contributed by atoms with Crippen LogP contribution in [0.4, 0.5) is 0 Å². The summed E-state index contributed by atoms with van der Waals surface area (Å²) in [6.45, 7) is 3.06. The number of aliphatic hydroxyl groups excluding tert-OH is 1. The highest BCUT2D eigenvalue weighted by atomic mass is 32.2. The summed E-state index contributed by atoms with van der Waals surface area (Å²) in [5.41, 5.74) is 0. The van der Waals surface area contributed by atoms with Crippen molar-refractivity contribution in [2.24, 2.45) is 0 Å². The summed E-state index contributed by atoms with van der Waals surface area (Å²) >= 11 is 0. The summed E-state index contributed by atoms with van der Waals surface area (Å²) in [5.74, 6) is 0.130. The van der Waals surface area contributed by atoms with Crippen LogP contribution in [0.3, 0.4) is 0 Å². The Morgan fingerprint density at radius 3 is 2.37 bits per heavy atom. The van der Waals surface area contributed by atoms with Gasteiger partial charge in [0.05, 0.1) is 27.6 Å². The highest BCUT2D eigenvalue weighted by Crippen LogP contribution is 2.13. The number of hydrogen-bond donors (Lipinski definition) is 2. The Morgan fingerprint density at radius 1 is 1.32 bits per heavy atom. The molecule has 0 fully saturated rings. The van der Waals surface area contributed by atoms with E-state index in [0.29, 0.717) is 11.4 Å². The lowest BCUT2D eigenvalue weighted by molar-refractivity contribution is 0.195. The second-order valence-electron chi connectivity index (χ2n) is 4.22. The SMILES string of the molecule is CCNCC(O)CS(=O)c1ccc(S(C)(=O)=O)cc1. The minimum Gasteiger partial charge on any atom is -0.391 e. The fourth-order valence-corrected chi connectivity index (χ4v) is 3.21. The molecule has 2 unspecified atom stereocenters. The van der Waals surface area contributed by atoms with Crippen LogP contribution in [0.1, 0.15) is 6.92 Å². The zero-order chi connectivity index (χ0) is 14.5. The molecule has 7 heteroatoms. The standard InChI is InChI=1S/C12H19NO4S2/c1-3-13-8-10(14)9-18(15)11-4-6-12(7-5-11)19(2,16)17/h4-7,10,13-14H,3,8-9H2,1-2H3. The van der Waals surface area contributed by atoms with Gasteiger partial charge in [-0.05, 0) is 30.8 Å². The molecule has 2 atom stereocenters. The van der Waals surface area contributed by atoms with Crippen LogP contribution in [-0.2, 0) is 20.6 Å². The van der Waals surface area contributed by atoms with Gasteiger partial charge in [-0.25, -0.2) is 8.42 Å². The molecule has 1 aromatic carbocycles. The van der Waals surface area contributed by atoms with E-state index in [9.17, 15) is 17.7 Å². The van der Waals surface area contributed by atoms with E-state index in [-0.39, 0.29) is 10.6 Å². The smallest absolute Gasteiger partial charge is 0.175 e. The number of benzene rings is 1. The first-order valence-corrected chi connectivity index (χ1v) is 9.13. The van der Waals surface area contributed by atoms with Crippen molar-refractivity contribution in [3.05, 3.63) is 24.3 Å². The molecular formula is C12H19NO4S2. The first-order valence-electron chi connectivity index (χ1n) is 5.92. The van der Waals surface area contributed by atoms with Crippen molar-refractivity contribution >= 4 is 20.6 Å². The number of hydrogen-bond acceptors (Lipinski definition) is 5. The highest BCUT2D eigenvalue weighted by molar-refractivity contribution is 7.90. The molecule has 0 aliphatic rings. The molecule has 0 saturated heterocycles. The molecule has 0 aromatic heterocycles. The molecule has 0 spiro atoms. The lowest BCUT2D eigenvalue weighted by Gasteiger charge is -2.10. The predicted octanol–water partition coefficient (Wildman–Crippen LogP) is 0.168. The Labute approximate surface area is 116 Å². The van der Waals surface area contributed by atoms with Crippen LogP contribution in [0.2, 0.25) is 0 Å². The zero-order valence-corrected chi connectivity index (χ0v) is 12.6. The quantitative estimate of drug-likeness (QED) is 0.750. The normalized spacial score (nSPS) is 15.1. The van der Waals surface area contributed by atoms with Crippen LogP contribution in [-0.4, -0.2) is 48.9 Å². The second kappa shape index (κ2) is 7.14. The van der Waals surface area contributed by atoms with E-state index in [1.165, 1.54) is 24.3 Å². The van der Waals surface area contributed by atoms with E-state index < -0.39 is 26.7 Å². The Kier molecular flexibility index (Phi) is 6.12. The molecule has 0 aliphatic carbocycles. The van der Waals surface area contributed by atoms with Crippen molar-refractivity contribution in [1.29, 1.82) is 0 Å². The molecule has 19 heavy (non-hydrogen) atoms. The summed E-state index contributed by atoms with van der Waals surface area (Å²) in [4.78, 5) is 0.712. The average molecular weight is 305 g/mol. The monoisotopic (exact) mass is 305 g/mol. The third-order valence-electron chi connectivity index (χ3n) is 2.49. The van der Waals surface area contributed by atoms with Crippen LogP contribution in [0.15, 0.2) is 34.1 Å². The maximum atomic E-state index is 12.0. The van der Waals surface area contributed by atoms with E-state index in [0.717, 1.165) is 12.8 Å². The van der Waals surface area contributed by atoms with Gasteiger partial charge in [0, 0.05) is 17.7 Å². The topological polar surface area (TPSA) is 83.5 Å². The second-order valence-corrected chi connectivity index (χ2v) is 7.73. The molecule has 0 saturated carbocycles. The van der Waals surface area contributed by atoms with E-state index in [4.69, 9.17) is 0 Å². The highest BCUT2D eigenvalue weighted by Gasteiger charge is 2.12. The van der Waals surface area contributed by atoms with Crippen molar-refractivity contribution in [1.82, 2.24) is 5.32 Å². The lowest BCUT2D eigenvalue weighted by atomic mass is 10.4. The van der Waals surface area contributed by atoms with Crippen molar-refractivity contribution < 1.29 is 17.7 Å². The van der Waals surface area contributed by atoms with Crippen LogP contribution >= 0.6 is 0 Å². The molecule has 0 aliphatic heterocycles. The minimum atomic E-state index is -3.24. The van der Waals surface area contributed by atoms with Gasteiger partial charge in [0.1, 0.15) is 0 Å². The Morgan fingerprint density at radius 2 is 1.89 bits per heavy atom. The number of rotatable bonds is 7. The third-order valence-corrected chi connectivity index (χ3v) is 5.10. The molecule has 1 aromatic rings. The van der Waals surface area contributed by atoms with Crippen LogP contribution in [0.25, 0.3) is 0 Å². The van der Waals surface area contributed by atoms with E-state index >= 15 is 0 Å². The summed E-state index contributed by atoms with van der Waals surface area (Å²) in [6.07, 6.45) is 0.439. The molecular weight excluding hydrogens is 286 g/mol. The molecule has 108 valence electrons. The van der Waals surface area contributed by atoms with Crippen molar-refractivity contribution in [3.8, 4) is 0 Å². The molecule has 0 bridgehead atoms. The summed E-state index contributed by atoms with van der Waals surface area (Å²) < 4.78 is 34.5. The van der Waals surface area contributed by atoms with Gasteiger partial charge in [-0.3, -0.25) is 4.21 Å². The van der Waals surface area contributed by atoms with Gasteiger partial charge in [-0.1, -0.05) is 6.92 Å². The third kappa shape index (κ3) is 5.40. The maximum Gasteiger partial charge on any atom is 0.175 e. The van der Waals surface area contributed by atoms with Crippen molar-refractivity contribution in [2.45, 2.75) is 22.8 Å². The minimum absolute atomic E-state index is 0.130.